The van der Waals surface area contributed by atoms with Crippen LogP contribution < -0.4 is 0 Å². The van der Waals surface area contributed by atoms with Crippen molar-refractivity contribution in [1.82, 2.24) is 14.8 Å². The summed E-state index contributed by atoms with van der Waals surface area (Å²) in [5.74, 6) is 1.88. The van der Waals surface area contributed by atoms with Crippen molar-refractivity contribution >= 4 is 5.91 Å². The average molecular weight is 339 g/mol. The minimum absolute atomic E-state index is 0.0431. The van der Waals surface area contributed by atoms with E-state index in [1.807, 2.05) is 23.4 Å². The minimum atomic E-state index is 0.0431. The van der Waals surface area contributed by atoms with Gasteiger partial charge in [-0.2, -0.15) is 0 Å². The molecule has 132 valence electrons. The SMILES string of the molecule is O=C(c1ccco1)N1CC[C@H](C2CCN(Cc3cccnc3)CC2)C1. The number of rotatable bonds is 4. The summed E-state index contributed by atoms with van der Waals surface area (Å²) in [6.45, 7) is 5.02. The van der Waals surface area contributed by atoms with Crippen molar-refractivity contribution in [1.29, 1.82) is 0 Å². The van der Waals surface area contributed by atoms with Crippen LogP contribution in [0.25, 0.3) is 0 Å². The molecule has 0 aliphatic carbocycles. The summed E-state index contributed by atoms with van der Waals surface area (Å²) in [7, 11) is 0. The summed E-state index contributed by atoms with van der Waals surface area (Å²) in [4.78, 5) is 21.1. The Morgan fingerprint density at radius 3 is 2.68 bits per heavy atom. The summed E-state index contributed by atoms with van der Waals surface area (Å²) in [5, 5.41) is 0. The number of likely N-dealkylation sites (tertiary alicyclic amines) is 2. The van der Waals surface area contributed by atoms with E-state index in [0.29, 0.717) is 11.7 Å². The van der Waals surface area contributed by atoms with Crippen LogP contribution in [-0.2, 0) is 6.54 Å². The Kier molecular flexibility index (Phi) is 4.83. The van der Waals surface area contributed by atoms with Gasteiger partial charge in [0.25, 0.3) is 5.91 Å². The number of amides is 1. The number of carbonyl (C=O) groups is 1. The maximum atomic E-state index is 12.4. The van der Waals surface area contributed by atoms with E-state index >= 15 is 0 Å². The van der Waals surface area contributed by atoms with Crippen molar-refractivity contribution in [2.45, 2.75) is 25.8 Å². The smallest absolute Gasteiger partial charge is 0.289 e. The topological polar surface area (TPSA) is 49.6 Å². The number of piperidine rings is 1. The molecule has 1 amide bonds. The third kappa shape index (κ3) is 3.76. The Bertz CT molecular complexity index is 678. The summed E-state index contributed by atoms with van der Waals surface area (Å²) in [6, 6.07) is 7.69. The minimum Gasteiger partial charge on any atom is -0.459 e. The molecule has 0 spiro atoms. The van der Waals surface area contributed by atoms with Gasteiger partial charge in [-0.15, -0.1) is 0 Å². The van der Waals surface area contributed by atoms with Gasteiger partial charge in [-0.1, -0.05) is 6.07 Å². The molecule has 0 bridgehead atoms. The van der Waals surface area contributed by atoms with Crippen molar-refractivity contribution in [2.75, 3.05) is 26.2 Å². The van der Waals surface area contributed by atoms with E-state index in [1.165, 1.54) is 18.4 Å². The lowest BCUT2D eigenvalue weighted by atomic mass is 9.83. The summed E-state index contributed by atoms with van der Waals surface area (Å²) < 4.78 is 5.26. The molecule has 0 unspecified atom stereocenters. The van der Waals surface area contributed by atoms with Gasteiger partial charge in [-0.3, -0.25) is 14.7 Å². The van der Waals surface area contributed by atoms with Crippen molar-refractivity contribution in [3.05, 3.63) is 54.2 Å². The molecule has 0 saturated carbocycles. The van der Waals surface area contributed by atoms with Crippen LogP contribution in [0.1, 0.15) is 35.4 Å². The molecule has 4 heterocycles. The van der Waals surface area contributed by atoms with Crippen molar-refractivity contribution in [2.24, 2.45) is 11.8 Å². The summed E-state index contributed by atoms with van der Waals surface area (Å²) >= 11 is 0. The summed E-state index contributed by atoms with van der Waals surface area (Å²) in [5.41, 5.74) is 1.29. The maximum Gasteiger partial charge on any atom is 0.289 e. The molecule has 2 aromatic heterocycles. The fourth-order valence-electron chi connectivity index (χ4n) is 4.24. The van der Waals surface area contributed by atoms with Gasteiger partial charge in [0.05, 0.1) is 6.26 Å². The number of aromatic nitrogens is 1. The van der Waals surface area contributed by atoms with E-state index in [-0.39, 0.29) is 5.91 Å². The Balaban J connectivity index is 1.26. The zero-order valence-corrected chi connectivity index (χ0v) is 14.5. The van der Waals surface area contributed by atoms with E-state index in [4.69, 9.17) is 4.42 Å². The second-order valence-corrected chi connectivity index (χ2v) is 7.25. The van der Waals surface area contributed by atoms with E-state index in [2.05, 4.69) is 16.0 Å². The second kappa shape index (κ2) is 7.40. The third-order valence-corrected chi connectivity index (χ3v) is 5.67. The Morgan fingerprint density at radius 2 is 1.96 bits per heavy atom. The highest BCUT2D eigenvalue weighted by atomic mass is 16.3. The zero-order chi connectivity index (χ0) is 17.1. The summed E-state index contributed by atoms with van der Waals surface area (Å²) in [6.07, 6.45) is 8.94. The lowest BCUT2D eigenvalue weighted by molar-refractivity contribution is 0.0741. The van der Waals surface area contributed by atoms with Gasteiger partial charge in [0.2, 0.25) is 0 Å². The first-order valence-corrected chi connectivity index (χ1v) is 9.23. The highest BCUT2D eigenvalue weighted by molar-refractivity contribution is 5.91. The van der Waals surface area contributed by atoms with Crippen LogP contribution in [0.4, 0.5) is 0 Å². The molecule has 5 heteroatoms. The number of hydrogen-bond donors (Lipinski definition) is 0. The van der Waals surface area contributed by atoms with E-state index in [1.54, 1.807) is 18.4 Å². The molecule has 0 aromatic carbocycles. The first kappa shape index (κ1) is 16.3. The number of pyridine rings is 1. The fraction of sp³-hybridized carbons (Fsp3) is 0.500. The third-order valence-electron chi connectivity index (χ3n) is 5.67. The lowest BCUT2D eigenvalue weighted by Gasteiger charge is -2.34. The molecule has 4 rings (SSSR count). The van der Waals surface area contributed by atoms with Crippen molar-refractivity contribution in [3.8, 4) is 0 Å². The van der Waals surface area contributed by atoms with E-state index < -0.39 is 0 Å². The van der Waals surface area contributed by atoms with Crippen LogP contribution in [0, 0.1) is 11.8 Å². The highest BCUT2D eigenvalue weighted by Crippen LogP contribution is 2.32. The molecule has 2 aromatic rings. The standard InChI is InChI=1S/C20H25N3O2/c24-20(19-4-2-12-25-19)23-11-7-18(15-23)17-5-9-22(10-6-17)14-16-3-1-8-21-13-16/h1-4,8,12-13,17-18H,5-7,9-11,14-15H2/t18-/m0/s1. The molecular weight excluding hydrogens is 314 g/mol. The van der Waals surface area contributed by atoms with Crippen LogP contribution in [-0.4, -0.2) is 46.9 Å². The molecular formula is C20H25N3O2. The molecule has 25 heavy (non-hydrogen) atoms. The van der Waals surface area contributed by atoms with Crippen molar-refractivity contribution in [3.63, 3.8) is 0 Å². The maximum absolute atomic E-state index is 12.4. The van der Waals surface area contributed by atoms with Gasteiger partial charge in [0, 0.05) is 32.0 Å². The van der Waals surface area contributed by atoms with E-state index in [9.17, 15) is 4.79 Å². The largest absolute Gasteiger partial charge is 0.459 e. The van der Waals surface area contributed by atoms with Crippen LogP contribution in [0.5, 0.6) is 0 Å². The Labute approximate surface area is 148 Å². The first-order valence-electron chi connectivity index (χ1n) is 9.23. The number of furan rings is 1. The average Bonchev–Trinajstić information content (AvgIpc) is 3.35. The lowest BCUT2D eigenvalue weighted by Crippen LogP contribution is -2.37. The van der Waals surface area contributed by atoms with Crippen LogP contribution in [0.2, 0.25) is 0 Å². The van der Waals surface area contributed by atoms with Crippen LogP contribution in [0.15, 0.2) is 47.3 Å². The normalized spacial score (nSPS) is 22.4. The van der Waals surface area contributed by atoms with Gasteiger partial charge < -0.3 is 9.32 Å². The van der Waals surface area contributed by atoms with Crippen LogP contribution in [0.3, 0.4) is 0 Å². The monoisotopic (exact) mass is 339 g/mol. The fourth-order valence-corrected chi connectivity index (χ4v) is 4.24. The molecule has 1 atom stereocenters. The number of carbonyl (C=O) groups excluding carboxylic acids is 1. The Hall–Kier alpha value is -2.14. The predicted molar refractivity (Wildman–Crippen MR) is 95.0 cm³/mol. The molecule has 2 aliphatic heterocycles. The molecule has 0 radical (unpaired) electrons. The molecule has 2 fully saturated rings. The Morgan fingerprint density at radius 1 is 1.12 bits per heavy atom. The van der Waals surface area contributed by atoms with Gasteiger partial charge >= 0.3 is 0 Å². The predicted octanol–water partition coefficient (Wildman–Crippen LogP) is 3.05. The second-order valence-electron chi connectivity index (χ2n) is 7.25. The molecule has 2 saturated heterocycles. The van der Waals surface area contributed by atoms with Gasteiger partial charge in [-0.25, -0.2) is 0 Å². The van der Waals surface area contributed by atoms with Crippen molar-refractivity contribution < 1.29 is 9.21 Å². The molecule has 2 aliphatic rings. The molecule has 5 nitrogen and oxygen atoms in total. The van der Waals surface area contributed by atoms with Gasteiger partial charge in [0.1, 0.15) is 0 Å². The molecule has 0 N–H and O–H groups in total. The quantitative estimate of drug-likeness (QED) is 0.859. The highest BCUT2D eigenvalue weighted by Gasteiger charge is 2.34. The van der Waals surface area contributed by atoms with Gasteiger partial charge in [0.15, 0.2) is 5.76 Å². The van der Waals surface area contributed by atoms with Gasteiger partial charge in [-0.05, 0) is 68.0 Å². The van der Waals surface area contributed by atoms with Crippen LogP contribution >= 0.6 is 0 Å². The first-order chi connectivity index (χ1) is 12.3. The zero-order valence-electron chi connectivity index (χ0n) is 14.5. The number of nitrogens with zero attached hydrogens (tertiary/aromatic N) is 3. The van der Waals surface area contributed by atoms with E-state index in [0.717, 1.165) is 45.1 Å². The number of hydrogen-bond acceptors (Lipinski definition) is 4.